The standard InChI is InChI=1S/C18H26N2O2/c1-20(16-11-14-7-8-15(12-16)19-14)18(21)9-6-13-4-3-5-17(10-13)22-2/h3-5,10,14-16,19H,6-9,11-12H2,1-2H3. The number of fused-ring (bicyclic) bond motifs is 2. The molecule has 4 nitrogen and oxygen atoms in total. The van der Waals surface area contributed by atoms with E-state index >= 15 is 0 Å². The Morgan fingerprint density at radius 2 is 2.05 bits per heavy atom. The van der Waals surface area contributed by atoms with Crippen molar-refractivity contribution in [2.24, 2.45) is 0 Å². The molecule has 2 aliphatic heterocycles. The van der Waals surface area contributed by atoms with Gasteiger partial charge in [-0.1, -0.05) is 12.1 Å². The fraction of sp³-hybridized carbons (Fsp3) is 0.611. The molecule has 2 saturated heterocycles. The summed E-state index contributed by atoms with van der Waals surface area (Å²) in [5.74, 6) is 1.11. The van der Waals surface area contributed by atoms with E-state index in [-0.39, 0.29) is 5.91 Å². The van der Waals surface area contributed by atoms with Gasteiger partial charge in [0.05, 0.1) is 7.11 Å². The third-order valence-corrected chi connectivity index (χ3v) is 5.15. The molecule has 1 aromatic carbocycles. The van der Waals surface area contributed by atoms with Gasteiger partial charge in [-0.25, -0.2) is 0 Å². The quantitative estimate of drug-likeness (QED) is 0.908. The van der Waals surface area contributed by atoms with Crippen LogP contribution >= 0.6 is 0 Å². The Balaban J connectivity index is 1.52. The van der Waals surface area contributed by atoms with Crippen molar-refractivity contribution >= 4 is 5.91 Å². The molecule has 1 N–H and O–H groups in total. The van der Waals surface area contributed by atoms with Crippen LogP contribution in [0.25, 0.3) is 0 Å². The summed E-state index contributed by atoms with van der Waals surface area (Å²) < 4.78 is 5.23. The van der Waals surface area contributed by atoms with Crippen molar-refractivity contribution in [1.29, 1.82) is 0 Å². The molecule has 2 aliphatic rings. The van der Waals surface area contributed by atoms with Crippen molar-refractivity contribution in [3.05, 3.63) is 29.8 Å². The normalized spacial score (nSPS) is 26.7. The number of nitrogens with zero attached hydrogens (tertiary/aromatic N) is 1. The summed E-state index contributed by atoms with van der Waals surface area (Å²) >= 11 is 0. The van der Waals surface area contributed by atoms with Gasteiger partial charge < -0.3 is 15.0 Å². The van der Waals surface area contributed by atoms with Gasteiger partial charge >= 0.3 is 0 Å². The van der Waals surface area contributed by atoms with Crippen LogP contribution in [0.3, 0.4) is 0 Å². The third-order valence-electron chi connectivity index (χ3n) is 5.15. The Morgan fingerprint density at radius 1 is 1.32 bits per heavy atom. The first kappa shape index (κ1) is 15.3. The van der Waals surface area contributed by atoms with E-state index in [1.165, 1.54) is 12.8 Å². The number of methoxy groups -OCH3 is 1. The number of piperidine rings is 1. The summed E-state index contributed by atoms with van der Waals surface area (Å²) in [5, 5.41) is 3.63. The maximum Gasteiger partial charge on any atom is 0.222 e. The summed E-state index contributed by atoms with van der Waals surface area (Å²) in [4.78, 5) is 14.5. The lowest BCUT2D eigenvalue weighted by Crippen LogP contribution is -2.48. The fourth-order valence-corrected chi connectivity index (χ4v) is 3.80. The number of rotatable bonds is 5. The Morgan fingerprint density at radius 3 is 2.73 bits per heavy atom. The lowest BCUT2D eigenvalue weighted by molar-refractivity contribution is -0.132. The summed E-state index contributed by atoms with van der Waals surface area (Å²) in [6, 6.07) is 9.64. The zero-order valence-corrected chi connectivity index (χ0v) is 13.5. The average Bonchev–Trinajstić information content (AvgIpc) is 2.90. The maximum absolute atomic E-state index is 12.5. The van der Waals surface area contributed by atoms with Crippen LogP contribution in [-0.4, -0.2) is 43.1 Å². The van der Waals surface area contributed by atoms with Gasteiger partial charge in [-0.2, -0.15) is 0 Å². The van der Waals surface area contributed by atoms with Gasteiger partial charge in [0.15, 0.2) is 0 Å². The van der Waals surface area contributed by atoms with E-state index in [4.69, 9.17) is 4.74 Å². The van der Waals surface area contributed by atoms with Crippen LogP contribution in [0.2, 0.25) is 0 Å². The number of hydrogen-bond donors (Lipinski definition) is 1. The van der Waals surface area contributed by atoms with Crippen LogP contribution in [0.1, 0.15) is 37.7 Å². The van der Waals surface area contributed by atoms with Gasteiger partial charge in [-0.05, 0) is 49.8 Å². The predicted molar refractivity (Wildman–Crippen MR) is 87.1 cm³/mol. The first-order valence-corrected chi connectivity index (χ1v) is 8.30. The van der Waals surface area contributed by atoms with Crippen molar-refractivity contribution < 1.29 is 9.53 Å². The van der Waals surface area contributed by atoms with Gasteiger partial charge in [0.1, 0.15) is 5.75 Å². The van der Waals surface area contributed by atoms with Gasteiger partial charge in [0, 0.05) is 31.6 Å². The van der Waals surface area contributed by atoms with Crippen LogP contribution in [0.5, 0.6) is 5.75 Å². The number of benzene rings is 1. The highest BCUT2D eigenvalue weighted by molar-refractivity contribution is 5.76. The van der Waals surface area contributed by atoms with Gasteiger partial charge in [-0.3, -0.25) is 4.79 Å². The second kappa shape index (κ2) is 6.69. The molecule has 2 fully saturated rings. The van der Waals surface area contributed by atoms with Crippen molar-refractivity contribution in [3.8, 4) is 5.75 Å². The highest BCUT2D eigenvalue weighted by atomic mass is 16.5. The third kappa shape index (κ3) is 3.43. The highest BCUT2D eigenvalue weighted by Gasteiger charge is 2.36. The van der Waals surface area contributed by atoms with Crippen molar-refractivity contribution in [1.82, 2.24) is 10.2 Å². The number of ether oxygens (including phenoxy) is 1. The van der Waals surface area contributed by atoms with Gasteiger partial charge in [0.25, 0.3) is 0 Å². The van der Waals surface area contributed by atoms with E-state index in [0.29, 0.717) is 24.5 Å². The molecule has 2 unspecified atom stereocenters. The molecular formula is C18H26N2O2. The minimum Gasteiger partial charge on any atom is -0.497 e. The molecule has 0 saturated carbocycles. The van der Waals surface area contributed by atoms with E-state index in [1.54, 1.807) is 7.11 Å². The molecule has 2 heterocycles. The van der Waals surface area contributed by atoms with E-state index in [2.05, 4.69) is 11.4 Å². The molecule has 0 radical (unpaired) electrons. The zero-order chi connectivity index (χ0) is 15.5. The lowest BCUT2D eigenvalue weighted by Gasteiger charge is -2.35. The number of amides is 1. The fourth-order valence-electron chi connectivity index (χ4n) is 3.80. The summed E-state index contributed by atoms with van der Waals surface area (Å²) in [7, 11) is 3.65. The van der Waals surface area contributed by atoms with E-state index in [9.17, 15) is 4.79 Å². The number of aryl methyl sites for hydroxylation is 1. The number of carbonyl (C=O) groups is 1. The molecule has 1 amide bonds. The van der Waals surface area contributed by atoms with E-state index < -0.39 is 0 Å². The van der Waals surface area contributed by atoms with Gasteiger partial charge in [-0.15, -0.1) is 0 Å². The summed E-state index contributed by atoms with van der Waals surface area (Å²) in [6.07, 6.45) is 6.11. The Bertz CT molecular complexity index is 520. The molecule has 2 atom stereocenters. The van der Waals surface area contributed by atoms with Crippen LogP contribution in [0.4, 0.5) is 0 Å². The minimum atomic E-state index is 0.258. The lowest BCUT2D eigenvalue weighted by atomic mass is 9.98. The Labute approximate surface area is 132 Å². The smallest absolute Gasteiger partial charge is 0.222 e. The monoisotopic (exact) mass is 302 g/mol. The number of carbonyl (C=O) groups excluding carboxylic acids is 1. The van der Waals surface area contributed by atoms with Crippen molar-refractivity contribution in [2.75, 3.05) is 14.2 Å². The molecule has 0 aliphatic carbocycles. The molecule has 22 heavy (non-hydrogen) atoms. The molecule has 0 spiro atoms. The Hall–Kier alpha value is -1.55. The topological polar surface area (TPSA) is 41.6 Å². The molecule has 3 rings (SSSR count). The molecule has 120 valence electrons. The predicted octanol–water partition coefficient (Wildman–Crippen LogP) is 2.37. The SMILES string of the molecule is COc1cccc(CCC(=O)N(C)C2CC3CCC(C2)N3)c1. The highest BCUT2D eigenvalue weighted by Crippen LogP contribution is 2.29. The van der Waals surface area contributed by atoms with Crippen molar-refractivity contribution in [3.63, 3.8) is 0 Å². The van der Waals surface area contributed by atoms with E-state index in [0.717, 1.165) is 30.6 Å². The van der Waals surface area contributed by atoms with Crippen molar-refractivity contribution in [2.45, 2.75) is 56.7 Å². The molecule has 2 bridgehead atoms. The largest absolute Gasteiger partial charge is 0.497 e. The average molecular weight is 302 g/mol. The molecule has 0 aromatic heterocycles. The van der Waals surface area contributed by atoms with Crippen LogP contribution in [-0.2, 0) is 11.2 Å². The zero-order valence-electron chi connectivity index (χ0n) is 13.5. The van der Waals surface area contributed by atoms with Crippen LogP contribution in [0.15, 0.2) is 24.3 Å². The van der Waals surface area contributed by atoms with E-state index in [1.807, 2.05) is 30.1 Å². The Kier molecular flexibility index (Phi) is 4.67. The maximum atomic E-state index is 12.5. The summed E-state index contributed by atoms with van der Waals surface area (Å²) in [6.45, 7) is 0. The first-order chi connectivity index (χ1) is 10.7. The van der Waals surface area contributed by atoms with Crippen LogP contribution < -0.4 is 10.1 Å². The second-order valence-corrected chi connectivity index (χ2v) is 6.62. The summed E-state index contributed by atoms with van der Waals surface area (Å²) in [5.41, 5.74) is 1.16. The minimum absolute atomic E-state index is 0.258. The molecular weight excluding hydrogens is 276 g/mol. The van der Waals surface area contributed by atoms with Gasteiger partial charge in [0.2, 0.25) is 5.91 Å². The first-order valence-electron chi connectivity index (χ1n) is 8.30. The molecule has 1 aromatic rings. The van der Waals surface area contributed by atoms with Crippen LogP contribution in [0, 0.1) is 0 Å². The molecule has 4 heteroatoms. The number of nitrogens with one attached hydrogen (secondary N) is 1. The number of hydrogen-bond acceptors (Lipinski definition) is 3. The second-order valence-electron chi connectivity index (χ2n) is 6.62.